The lowest BCUT2D eigenvalue weighted by Crippen LogP contribution is -2.10. The van der Waals surface area contributed by atoms with Gasteiger partial charge in [0.15, 0.2) is 0 Å². The van der Waals surface area contributed by atoms with E-state index in [1.165, 1.54) is 0 Å². The van der Waals surface area contributed by atoms with Crippen LogP contribution in [-0.2, 0) is 0 Å². The van der Waals surface area contributed by atoms with Gasteiger partial charge in [0.1, 0.15) is 6.04 Å². The number of nitrogens with zero attached hydrogens (tertiary/aromatic N) is 2. The van der Waals surface area contributed by atoms with Crippen LogP contribution in [0.15, 0.2) is 54.2 Å². The molecule has 0 aromatic carbocycles. The van der Waals surface area contributed by atoms with E-state index in [4.69, 9.17) is 0 Å². The van der Waals surface area contributed by atoms with Crippen LogP contribution in [0.4, 0.5) is 0 Å². The third-order valence-electron chi connectivity index (χ3n) is 2.29. The molecule has 0 amide bonds. The minimum absolute atomic E-state index is 0.0960. The van der Waals surface area contributed by atoms with Crippen molar-refractivity contribution in [2.45, 2.75) is 6.04 Å². The first-order valence-electron chi connectivity index (χ1n) is 4.65. The van der Waals surface area contributed by atoms with Crippen molar-refractivity contribution in [2.24, 2.45) is 10.9 Å². The second-order valence-corrected chi connectivity index (χ2v) is 3.20. The smallest absolute Gasteiger partial charge is 0.102 e. The Balaban J connectivity index is 2.30. The molecule has 0 bridgehead atoms. The van der Waals surface area contributed by atoms with Crippen LogP contribution >= 0.6 is 0 Å². The highest BCUT2D eigenvalue weighted by molar-refractivity contribution is 5.72. The molecule has 2 heterocycles. The summed E-state index contributed by atoms with van der Waals surface area (Å²) in [5.41, 5.74) is 0.998. The zero-order chi connectivity index (χ0) is 9.80. The summed E-state index contributed by atoms with van der Waals surface area (Å²) in [6, 6.07) is 5.99. The summed E-state index contributed by atoms with van der Waals surface area (Å²) in [7, 11) is 0. The zero-order valence-electron chi connectivity index (χ0n) is 7.88. The van der Waals surface area contributed by atoms with Crippen molar-refractivity contribution < 1.29 is 0 Å². The summed E-state index contributed by atoms with van der Waals surface area (Å²) in [5.74, 6) is 0.259. The van der Waals surface area contributed by atoms with Gasteiger partial charge < -0.3 is 0 Å². The van der Waals surface area contributed by atoms with Crippen molar-refractivity contribution in [1.82, 2.24) is 4.98 Å². The van der Waals surface area contributed by atoms with E-state index in [2.05, 4.69) is 22.6 Å². The summed E-state index contributed by atoms with van der Waals surface area (Å²) in [5, 5.41) is 0. The molecule has 2 unspecified atom stereocenters. The number of hydrogen-bond acceptors (Lipinski definition) is 2. The molecule has 0 radical (unpaired) electrons. The minimum Gasteiger partial charge on any atom is -0.283 e. The first kappa shape index (κ1) is 8.88. The molecule has 2 heteroatoms. The summed E-state index contributed by atoms with van der Waals surface area (Å²) >= 11 is 0. The van der Waals surface area contributed by atoms with Crippen LogP contribution in [0.1, 0.15) is 11.7 Å². The second-order valence-electron chi connectivity index (χ2n) is 3.20. The molecule has 1 aromatic heterocycles. The van der Waals surface area contributed by atoms with Crippen molar-refractivity contribution in [1.29, 1.82) is 0 Å². The van der Waals surface area contributed by atoms with Gasteiger partial charge in [-0.25, -0.2) is 0 Å². The maximum Gasteiger partial charge on any atom is 0.102 e. The Kier molecular flexibility index (Phi) is 2.54. The monoisotopic (exact) mass is 184 g/mol. The van der Waals surface area contributed by atoms with Crippen molar-refractivity contribution in [2.75, 3.05) is 0 Å². The highest BCUT2D eigenvalue weighted by Crippen LogP contribution is 2.28. The predicted molar refractivity (Wildman–Crippen MR) is 58.3 cm³/mol. The van der Waals surface area contributed by atoms with Gasteiger partial charge in [-0.15, -0.1) is 6.58 Å². The molecule has 0 N–H and O–H groups in total. The Morgan fingerprint density at radius 2 is 2.29 bits per heavy atom. The third-order valence-corrected chi connectivity index (χ3v) is 2.29. The van der Waals surface area contributed by atoms with E-state index in [-0.39, 0.29) is 12.0 Å². The lowest BCUT2D eigenvalue weighted by atomic mass is 9.95. The van der Waals surface area contributed by atoms with Gasteiger partial charge in [-0.1, -0.05) is 18.2 Å². The largest absolute Gasteiger partial charge is 0.283 e. The average Bonchev–Trinajstić information content (AvgIpc) is 2.30. The first-order chi connectivity index (χ1) is 6.92. The Bertz CT molecular complexity index is 365. The minimum atomic E-state index is 0.0960. The molecule has 2 rings (SSSR count). The van der Waals surface area contributed by atoms with Crippen molar-refractivity contribution in [3.63, 3.8) is 0 Å². The number of dihydropyridines is 1. The van der Waals surface area contributed by atoms with Gasteiger partial charge in [0.05, 0.1) is 5.69 Å². The van der Waals surface area contributed by atoms with Gasteiger partial charge in [-0.2, -0.15) is 0 Å². The van der Waals surface area contributed by atoms with E-state index in [0.717, 1.165) is 5.69 Å². The maximum absolute atomic E-state index is 4.41. The molecule has 0 saturated carbocycles. The normalized spacial score (nSPS) is 24.9. The number of aromatic nitrogens is 1. The van der Waals surface area contributed by atoms with Crippen LogP contribution in [0.5, 0.6) is 0 Å². The molecular weight excluding hydrogens is 172 g/mol. The molecule has 0 fully saturated rings. The van der Waals surface area contributed by atoms with E-state index in [1.807, 2.05) is 36.6 Å². The van der Waals surface area contributed by atoms with Crippen LogP contribution in [0.3, 0.4) is 0 Å². The lowest BCUT2D eigenvalue weighted by Gasteiger charge is -2.19. The fraction of sp³-hybridized carbons (Fsp3) is 0.167. The molecule has 14 heavy (non-hydrogen) atoms. The van der Waals surface area contributed by atoms with E-state index in [9.17, 15) is 0 Å². The number of allylic oxidation sites excluding steroid dienone is 1. The van der Waals surface area contributed by atoms with Crippen LogP contribution in [0, 0.1) is 5.92 Å². The van der Waals surface area contributed by atoms with E-state index < -0.39 is 0 Å². The summed E-state index contributed by atoms with van der Waals surface area (Å²) in [6.45, 7) is 3.81. The van der Waals surface area contributed by atoms with Crippen molar-refractivity contribution >= 4 is 6.21 Å². The van der Waals surface area contributed by atoms with Gasteiger partial charge in [-0.05, 0) is 18.2 Å². The quantitative estimate of drug-likeness (QED) is 0.648. The van der Waals surface area contributed by atoms with E-state index >= 15 is 0 Å². The Morgan fingerprint density at radius 1 is 1.36 bits per heavy atom. The van der Waals surface area contributed by atoms with Crippen LogP contribution in [0.2, 0.25) is 0 Å². The number of rotatable bonds is 2. The molecule has 70 valence electrons. The molecule has 1 aliphatic heterocycles. The number of pyridine rings is 1. The molecule has 0 spiro atoms. The second kappa shape index (κ2) is 4.01. The highest BCUT2D eigenvalue weighted by Gasteiger charge is 2.19. The predicted octanol–water partition coefficient (Wildman–Crippen LogP) is 2.57. The van der Waals surface area contributed by atoms with Gasteiger partial charge in [0.25, 0.3) is 0 Å². The van der Waals surface area contributed by atoms with Gasteiger partial charge >= 0.3 is 0 Å². The topological polar surface area (TPSA) is 25.2 Å². The van der Waals surface area contributed by atoms with Gasteiger partial charge in [0.2, 0.25) is 0 Å². The summed E-state index contributed by atoms with van der Waals surface area (Å²) in [4.78, 5) is 8.71. The van der Waals surface area contributed by atoms with Crippen molar-refractivity contribution in [3.8, 4) is 0 Å². The summed E-state index contributed by atoms with van der Waals surface area (Å²) in [6.07, 6.45) is 9.57. The average molecular weight is 184 g/mol. The highest BCUT2D eigenvalue weighted by atomic mass is 14.8. The SMILES string of the molecule is C=CC1C=CC=NC1c1ccccn1. The van der Waals surface area contributed by atoms with Gasteiger partial charge in [0, 0.05) is 18.3 Å². The van der Waals surface area contributed by atoms with E-state index in [0.29, 0.717) is 0 Å². The zero-order valence-corrected chi connectivity index (χ0v) is 7.88. The number of hydrogen-bond donors (Lipinski definition) is 0. The van der Waals surface area contributed by atoms with Crippen LogP contribution in [-0.4, -0.2) is 11.2 Å². The van der Waals surface area contributed by atoms with Crippen molar-refractivity contribution in [3.05, 3.63) is 54.9 Å². The third kappa shape index (κ3) is 1.64. The molecule has 2 nitrogen and oxygen atoms in total. The van der Waals surface area contributed by atoms with E-state index in [1.54, 1.807) is 6.20 Å². The first-order valence-corrected chi connectivity index (χ1v) is 4.65. The van der Waals surface area contributed by atoms with Crippen LogP contribution < -0.4 is 0 Å². The standard InChI is InChI=1S/C12H12N2/c1-2-10-6-5-9-14-12(10)11-7-3-4-8-13-11/h2-10,12H,1H2. The maximum atomic E-state index is 4.41. The molecule has 2 atom stereocenters. The fourth-order valence-electron chi connectivity index (χ4n) is 1.56. The fourth-order valence-corrected chi connectivity index (χ4v) is 1.56. The lowest BCUT2D eigenvalue weighted by molar-refractivity contribution is 0.602. The number of aliphatic imine (C=N–C) groups is 1. The van der Waals surface area contributed by atoms with Crippen LogP contribution in [0.25, 0.3) is 0 Å². The Labute approximate surface area is 83.7 Å². The molecule has 1 aliphatic rings. The Hall–Kier alpha value is -1.70. The molecule has 0 aliphatic carbocycles. The molecular formula is C12H12N2. The molecule has 0 saturated heterocycles. The Morgan fingerprint density at radius 3 is 3.00 bits per heavy atom. The molecule has 1 aromatic rings. The summed E-state index contributed by atoms with van der Waals surface area (Å²) < 4.78 is 0. The van der Waals surface area contributed by atoms with Gasteiger partial charge in [-0.3, -0.25) is 9.98 Å².